The maximum atomic E-state index is 4.76. The molecule has 0 aromatic rings. The van der Waals surface area contributed by atoms with Crippen molar-refractivity contribution >= 4 is 29.2 Å². The van der Waals surface area contributed by atoms with Gasteiger partial charge in [-0.2, -0.15) is 12.6 Å². The molecule has 0 aliphatic carbocycles. The fourth-order valence-corrected chi connectivity index (χ4v) is 0.528. The van der Waals surface area contributed by atoms with Crippen molar-refractivity contribution in [3.63, 3.8) is 0 Å². The molecule has 62 valence electrons. The van der Waals surface area contributed by atoms with E-state index in [9.17, 15) is 0 Å². The Balaban J connectivity index is 0. The molecule has 0 saturated heterocycles. The van der Waals surface area contributed by atoms with E-state index in [4.69, 9.17) is 9.47 Å². The molecular weight excluding hydrogens is 221 g/mol. The van der Waals surface area contributed by atoms with E-state index in [0.717, 1.165) is 0 Å². The summed E-state index contributed by atoms with van der Waals surface area (Å²) in [5, 5.41) is 3.67. The van der Waals surface area contributed by atoms with Gasteiger partial charge in [0.15, 0.2) is 6.41 Å². The molecule has 0 amide bonds. The molecule has 0 aromatic heterocycles. The first-order chi connectivity index (χ1) is 5.20. The first-order valence-electron chi connectivity index (χ1n) is 2.67. The molecule has 0 heterocycles. The summed E-state index contributed by atoms with van der Waals surface area (Å²) in [6, 6.07) is 0. The zero-order valence-corrected chi connectivity index (χ0v) is 11.6. The summed E-state index contributed by atoms with van der Waals surface area (Å²) < 4.78 is 9.67. The van der Waals surface area contributed by atoms with E-state index >= 15 is 0 Å². The molecule has 0 N–H and O–H groups in total. The molecule has 0 unspecified atom stereocenters. The third-order valence-electron chi connectivity index (χ3n) is 0.641. The summed E-state index contributed by atoms with van der Waals surface area (Å²) in [6.07, 6.45) is 1.57. The maximum absolute atomic E-state index is 4.76. The second-order valence-corrected chi connectivity index (χ2v) is 2.44. The molecule has 0 spiro atoms. The van der Waals surface area contributed by atoms with E-state index in [1.165, 1.54) is 12.5 Å². The Morgan fingerprint density at radius 2 is 1.83 bits per heavy atom. The van der Waals surface area contributed by atoms with Crippen molar-refractivity contribution in [2.75, 3.05) is 0 Å². The number of thiol groups is 1. The molecule has 0 rings (SSSR count). The van der Waals surface area contributed by atoms with E-state index in [1.54, 1.807) is 0 Å². The monoisotopic (exact) mass is 229 g/mol. The molecule has 12 heavy (non-hydrogen) atoms. The van der Waals surface area contributed by atoms with E-state index in [1.807, 2.05) is 0 Å². The standard InChI is InChI=1S/C6H9NO2S2.K/c1-3-8-5(9-4-2)7-6(10)11;/h3-5H,1-2H2,(H2,7,10,11);/q;+1/p-1. The minimum absolute atomic E-state index is 0. The molecule has 0 saturated carbocycles. The Kier molecular flexibility index (Phi) is 12.9. The fraction of sp³-hybridized carbons (Fsp3) is 0.167. The van der Waals surface area contributed by atoms with E-state index in [2.05, 4.69) is 43.3 Å². The van der Waals surface area contributed by atoms with Crippen LogP contribution in [0.3, 0.4) is 0 Å². The zero-order valence-electron chi connectivity index (χ0n) is 6.77. The van der Waals surface area contributed by atoms with Crippen molar-refractivity contribution in [1.29, 1.82) is 0 Å². The van der Waals surface area contributed by atoms with Crippen molar-refractivity contribution in [3.05, 3.63) is 31.0 Å². The van der Waals surface area contributed by atoms with Crippen LogP contribution in [-0.4, -0.2) is 10.7 Å². The van der Waals surface area contributed by atoms with Gasteiger partial charge in [-0.05, 0) is 4.32 Å². The molecule has 0 aromatic carbocycles. The van der Waals surface area contributed by atoms with Crippen LogP contribution in [0.4, 0.5) is 0 Å². The summed E-state index contributed by atoms with van der Waals surface area (Å²) >= 11 is 8.33. The second kappa shape index (κ2) is 10.0. The number of ether oxygens (including phenoxy) is 2. The molecule has 0 fully saturated rings. The summed E-state index contributed by atoms with van der Waals surface area (Å²) in [7, 11) is 0. The number of rotatable bonds is 5. The molecule has 0 radical (unpaired) electrons. The van der Waals surface area contributed by atoms with E-state index in [-0.39, 0.29) is 55.7 Å². The Morgan fingerprint density at radius 1 is 1.42 bits per heavy atom. The molecule has 0 atom stereocenters. The van der Waals surface area contributed by atoms with Crippen LogP contribution in [0.15, 0.2) is 25.7 Å². The summed E-state index contributed by atoms with van der Waals surface area (Å²) in [4.78, 5) is 0. The van der Waals surface area contributed by atoms with Gasteiger partial charge in [-0.3, -0.25) is 0 Å². The molecule has 0 aliphatic heterocycles. The Labute approximate surface area is 125 Å². The van der Waals surface area contributed by atoms with Gasteiger partial charge in [-0.25, -0.2) is 0 Å². The first-order valence-corrected chi connectivity index (χ1v) is 3.52. The predicted molar refractivity (Wildman–Crippen MR) is 51.3 cm³/mol. The second-order valence-electron chi connectivity index (χ2n) is 1.32. The smallest absolute Gasteiger partial charge is 0.601 e. The number of hydrogen-bond donors (Lipinski definition) is 1. The predicted octanol–water partition coefficient (Wildman–Crippen LogP) is -0.817. The van der Waals surface area contributed by atoms with Crippen LogP contribution < -0.4 is 51.4 Å². The van der Waals surface area contributed by atoms with Crippen LogP contribution in [0.25, 0.3) is 5.32 Å². The molecule has 3 nitrogen and oxygen atoms in total. The van der Waals surface area contributed by atoms with Crippen LogP contribution in [0.1, 0.15) is 0 Å². The summed E-state index contributed by atoms with van der Waals surface area (Å²) in [6.45, 7) is 6.65. The van der Waals surface area contributed by atoms with Crippen LogP contribution in [0.5, 0.6) is 0 Å². The van der Waals surface area contributed by atoms with Gasteiger partial charge in [0.25, 0.3) is 0 Å². The van der Waals surface area contributed by atoms with Gasteiger partial charge in [-0.1, -0.05) is 25.4 Å². The largest absolute Gasteiger partial charge is 1.00 e. The van der Waals surface area contributed by atoms with Crippen molar-refractivity contribution in [2.24, 2.45) is 0 Å². The molecule has 6 heteroatoms. The SMILES string of the molecule is C=COC([N-]C(=S)S)OC=C.[K+]. The maximum Gasteiger partial charge on any atom is 1.00 e. The van der Waals surface area contributed by atoms with Crippen molar-refractivity contribution in [1.82, 2.24) is 0 Å². The first kappa shape index (κ1) is 15.4. The Hall–Kier alpha value is 0.956. The van der Waals surface area contributed by atoms with Gasteiger partial charge in [0, 0.05) is 0 Å². The van der Waals surface area contributed by atoms with Gasteiger partial charge in [0.1, 0.15) is 0 Å². The zero-order chi connectivity index (χ0) is 8.69. The number of hydrogen-bond acceptors (Lipinski definition) is 3. The van der Waals surface area contributed by atoms with Crippen LogP contribution in [0, 0.1) is 0 Å². The molecule has 0 bridgehead atoms. The van der Waals surface area contributed by atoms with E-state index in [0.29, 0.717) is 0 Å². The van der Waals surface area contributed by atoms with Crippen molar-refractivity contribution in [3.8, 4) is 0 Å². The minimum Gasteiger partial charge on any atom is -0.601 e. The number of nitrogens with zero attached hydrogens (tertiary/aromatic N) is 1. The third kappa shape index (κ3) is 9.05. The van der Waals surface area contributed by atoms with Gasteiger partial charge < -0.3 is 14.8 Å². The van der Waals surface area contributed by atoms with Gasteiger partial charge in [0.2, 0.25) is 0 Å². The van der Waals surface area contributed by atoms with Gasteiger partial charge >= 0.3 is 51.4 Å². The summed E-state index contributed by atoms with van der Waals surface area (Å²) in [5.74, 6) is 0. The quantitative estimate of drug-likeness (QED) is 0.220. The Bertz CT molecular complexity index is 156. The van der Waals surface area contributed by atoms with Gasteiger partial charge in [0.05, 0.1) is 12.5 Å². The number of thiocarbonyl (C=S) groups is 1. The fourth-order valence-electron chi connectivity index (χ4n) is 0.348. The topological polar surface area (TPSA) is 32.6 Å². The molecule has 0 aliphatic rings. The van der Waals surface area contributed by atoms with Gasteiger partial charge in [-0.15, -0.1) is 0 Å². The van der Waals surface area contributed by atoms with E-state index < -0.39 is 6.41 Å². The van der Waals surface area contributed by atoms with Crippen LogP contribution in [0.2, 0.25) is 0 Å². The van der Waals surface area contributed by atoms with Crippen LogP contribution in [-0.2, 0) is 9.47 Å². The summed E-state index contributed by atoms with van der Waals surface area (Å²) in [5.41, 5.74) is 0. The van der Waals surface area contributed by atoms with Crippen molar-refractivity contribution in [2.45, 2.75) is 6.41 Å². The average Bonchev–Trinajstić information content (AvgIpc) is 1.87. The molecular formula is C6H8KNO2S2. The average molecular weight is 229 g/mol. The normalized spacial score (nSPS) is 7.83. The minimum atomic E-state index is -0.824. The Morgan fingerprint density at radius 3 is 2.08 bits per heavy atom. The third-order valence-corrected chi connectivity index (χ3v) is 0.862. The van der Waals surface area contributed by atoms with Crippen molar-refractivity contribution < 1.29 is 60.9 Å². The van der Waals surface area contributed by atoms with Crippen LogP contribution >= 0.6 is 24.8 Å².